The van der Waals surface area contributed by atoms with Crippen molar-refractivity contribution < 1.29 is 0 Å². The van der Waals surface area contributed by atoms with Gasteiger partial charge in [0, 0.05) is 42.1 Å². The van der Waals surface area contributed by atoms with Gasteiger partial charge in [0.05, 0.1) is 11.0 Å². The highest BCUT2D eigenvalue weighted by Crippen LogP contribution is 2.41. The van der Waals surface area contributed by atoms with Crippen molar-refractivity contribution in [3.63, 3.8) is 0 Å². The van der Waals surface area contributed by atoms with Gasteiger partial charge in [-0.2, -0.15) is 9.97 Å². The van der Waals surface area contributed by atoms with Gasteiger partial charge in [-0.25, -0.2) is 4.98 Å². The number of fused-ring (bicyclic) bond motifs is 6. The van der Waals surface area contributed by atoms with E-state index in [0.29, 0.717) is 23.5 Å². The predicted octanol–water partition coefficient (Wildman–Crippen LogP) is 12.3. The second kappa shape index (κ2) is 12.0. The molecule has 0 saturated carbocycles. The second-order valence-electron chi connectivity index (χ2n) is 13.3. The maximum absolute atomic E-state index is 5.18. The molecule has 1 aliphatic carbocycles. The summed E-state index contributed by atoms with van der Waals surface area (Å²) in [6, 6.07) is 49.8. The van der Waals surface area contributed by atoms with Crippen molar-refractivity contribution in [1.29, 1.82) is 0 Å². The lowest BCUT2D eigenvalue weighted by atomic mass is 9.97. The highest BCUT2D eigenvalue weighted by Gasteiger charge is 2.20. The lowest BCUT2D eigenvalue weighted by Gasteiger charge is -2.14. The Morgan fingerprint density at radius 2 is 1.27 bits per heavy atom. The van der Waals surface area contributed by atoms with Crippen LogP contribution in [0.2, 0.25) is 0 Å². The summed E-state index contributed by atoms with van der Waals surface area (Å²) >= 11 is 1.87. The zero-order valence-corrected chi connectivity index (χ0v) is 28.8. The largest absolute Gasteiger partial charge is 0.278 e. The smallest absolute Gasteiger partial charge is 0.238 e. The lowest BCUT2D eigenvalue weighted by Crippen LogP contribution is -2.08. The monoisotopic (exact) mass is 672 g/mol. The molecule has 9 aromatic rings. The third-order valence-electron chi connectivity index (χ3n) is 10.0. The first-order valence-electron chi connectivity index (χ1n) is 17.4. The van der Waals surface area contributed by atoms with E-state index >= 15 is 0 Å². The molecule has 0 bridgehead atoms. The van der Waals surface area contributed by atoms with Crippen molar-refractivity contribution in [1.82, 2.24) is 19.5 Å². The summed E-state index contributed by atoms with van der Waals surface area (Å²) in [5.41, 5.74) is 8.89. The SMILES string of the molecule is CC1C=CC(c2nc(-c3ccccc3)nc(-n3c4ccccc4c4ccc(-c5cccc(-c6cccc7c6sc6ccccc67)c5)cc43)n2)=CC1. The van der Waals surface area contributed by atoms with E-state index in [1.807, 2.05) is 29.5 Å². The van der Waals surface area contributed by atoms with Gasteiger partial charge in [0.1, 0.15) is 0 Å². The van der Waals surface area contributed by atoms with E-state index in [4.69, 9.17) is 15.0 Å². The van der Waals surface area contributed by atoms with Gasteiger partial charge in [0.25, 0.3) is 0 Å². The standard InChI is InChI=1S/C46H32N4S/c1-29-21-23-31(24-22-29)45-47-44(30-11-3-2-4-12-30)48-46(49-45)50-40-19-7-5-15-36(40)37-26-25-33(28-41(37)50)32-13-9-14-34(27-32)35-17-10-18-39-38-16-6-8-20-42(38)51-43(35)39/h2-21,23-29H,22H2,1H3. The number of allylic oxidation sites excluding steroid dienone is 4. The molecule has 0 N–H and O–H groups in total. The molecule has 1 atom stereocenters. The van der Waals surface area contributed by atoms with Gasteiger partial charge in [0.15, 0.2) is 11.6 Å². The summed E-state index contributed by atoms with van der Waals surface area (Å²) in [7, 11) is 0. The molecule has 1 unspecified atom stereocenters. The molecule has 242 valence electrons. The molecule has 51 heavy (non-hydrogen) atoms. The van der Waals surface area contributed by atoms with Gasteiger partial charge < -0.3 is 0 Å². The predicted molar refractivity (Wildman–Crippen MR) is 214 cm³/mol. The van der Waals surface area contributed by atoms with Crippen LogP contribution in [0.5, 0.6) is 0 Å². The van der Waals surface area contributed by atoms with Gasteiger partial charge >= 0.3 is 0 Å². The van der Waals surface area contributed by atoms with Crippen molar-refractivity contribution in [2.45, 2.75) is 13.3 Å². The van der Waals surface area contributed by atoms with Crippen LogP contribution in [0.4, 0.5) is 0 Å². The Morgan fingerprint density at radius 3 is 2.16 bits per heavy atom. The summed E-state index contributed by atoms with van der Waals surface area (Å²) in [4.78, 5) is 15.3. The Labute approximate surface area is 299 Å². The van der Waals surface area contributed by atoms with E-state index in [1.54, 1.807) is 0 Å². The molecule has 3 heterocycles. The second-order valence-corrected chi connectivity index (χ2v) is 14.4. The fourth-order valence-electron chi connectivity index (χ4n) is 7.41. The summed E-state index contributed by atoms with van der Waals surface area (Å²) < 4.78 is 4.85. The first kappa shape index (κ1) is 29.7. The number of hydrogen-bond acceptors (Lipinski definition) is 4. The Balaban J connectivity index is 1.16. The van der Waals surface area contributed by atoms with Crippen molar-refractivity contribution in [2.75, 3.05) is 0 Å². The maximum Gasteiger partial charge on any atom is 0.238 e. The molecule has 6 aromatic carbocycles. The maximum atomic E-state index is 5.18. The molecule has 0 fully saturated rings. The lowest BCUT2D eigenvalue weighted by molar-refractivity contribution is 0.738. The van der Waals surface area contributed by atoms with E-state index in [2.05, 4.69) is 151 Å². The highest BCUT2D eigenvalue weighted by molar-refractivity contribution is 7.26. The molecule has 1 aliphatic rings. The van der Waals surface area contributed by atoms with Gasteiger partial charge in [-0.3, -0.25) is 4.57 Å². The number of hydrogen-bond donors (Lipinski definition) is 0. The van der Waals surface area contributed by atoms with Crippen LogP contribution in [-0.2, 0) is 0 Å². The van der Waals surface area contributed by atoms with E-state index < -0.39 is 0 Å². The molecule has 3 aromatic heterocycles. The molecule has 0 radical (unpaired) electrons. The van der Waals surface area contributed by atoms with Crippen LogP contribution in [0.15, 0.2) is 158 Å². The Bertz CT molecular complexity index is 2860. The molecular weight excluding hydrogens is 641 g/mol. The Hall–Kier alpha value is -6.17. The van der Waals surface area contributed by atoms with Gasteiger partial charge in [0.2, 0.25) is 5.95 Å². The van der Waals surface area contributed by atoms with E-state index in [-0.39, 0.29) is 0 Å². The van der Waals surface area contributed by atoms with Crippen LogP contribution in [0.25, 0.3) is 87.1 Å². The topological polar surface area (TPSA) is 43.6 Å². The quantitative estimate of drug-likeness (QED) is 0.183. The summed E-state index contributed by atoms with van der Waals surface area (Å²) in [6.07, 6.45) is 7.60. The first-order chi connectivity index (χ1) is 25.2. The summed E-state index contributed by atoms with van der Waals surface area (Å²) in [6.45, 7) is 2.23. The van der Waals surface area contributed by atoms with E-state index in [9.17, 15) is 0 Å². The minimum atomic E-state index is 0.496. The fourth-order valence-corrected chi connectivity index (χ4v) is 8.65. The number of rotatable bonds is 5. The van der Waals surface area contributed by atoms with Crippen molar-refractivity contribution >= 4 is 58.9 Å². The average molecular weight is 673 g/mol. The molecule has 5 heteroatoms. The van der Waals surface area contributed by atoms with Crippen LogP contribution in [-0.4, -0.2) is 19.5 Å². The van der Waals surface area contributed by atoms with Crippen molar-refractivity contribution in [3.05, 3.63) is 164 Å². The number of benzene rings is 6. The molecule has 4 nitrogen and oxygen atoms in total. The van der Waals surface area contributed by atoms with Gasteiger partial charge in [-0.15, -0.1) is 11.3 Å². The number of para-hydroxylation sites is 1. The molecule has 0 amide bonds. The zero-order chi connectivity index (χ0) is 33.9. The number of nitrogens with zero attached hydrogens (tertiary/aromatic N) is 4. The average Bonchev–Trinajstić information content (AvgIpc) is 3.74. The zero-order valence-electron chi connectivity index (χ0n) is 28.0. The molecule has 0 saturated heterocycles. The number of aromatic nitrogens is 4. The molecule has 0 aliphatic heterocycles. The highest BCUT2D eigenvalue weighted by atomic mass is 32.1. The molecule has 0 spiro atoms. The van der Waals surface area contributed by atoms with Crippen molar-refractivity contribution in [3.8, 4) is 39.6 Å². The molecule has 10 rings (SSSR count). The normalized spacial score (nSPS) is 14.5. The van der Waals surface area contributed by atoms with Crippen LogP contribution in [0.3, 0.4) is 0 Å². The minimum absolute atomic E-state index is 0.496. The Kier molecular flexibility index (Phi) is 7.00. The third kappa shape index (κ3) is 5.08. The Morgan fingerprint density at radius 1 is 0.569 bits per heavy atom. The van der Waals surface area contributed by atoms with Crippen LogP contribution >= 0.6 is 11.3 Å². The summed E-state index contributed by atoms with van der Waals surface area (Å²) in [5.74, 6) is 2.46. The van der Waals surface area contributed by atoms with Crippen LogP contribution < -0.4 is 0 Å². The molecular formula is C46H32N4S. The number of thiophene rings is 1. The van der Waals surface area contributed by atoms with Crippen molar-refractivity contribution in [2.24, 2.45) is 5.92 Å². The summed E-state index contributed by atoms with van der Waals surface area (Å²) in [5, 5.41) is 4.95. The minimum Gasteiger partial charge on any atom is -0.278 e. The third-order valence-corrected chi connectivity index (χ3v) is 11.2. The first-order valence-corrected chi connectivity index (χ1v) is 18.2. The van der Waals surface area contributed by atoms with Crippen LogP contribution in [0.1, 0.15) is 19.2 Å². The van der Waals surface area contributed by atoms with Gasteiger partial charge in [-0.05, 0) is 58.9 Å². The van der Waals surface area contributed by atoms with Crippen LogP contribution in [0, 0.1) is 5.92 Å². The van der Waals surface area contributed by atoms with E-state index in [0.717, 1.165) is 50.5 Å². The van der Waals surface area contributed by atoms with Gasteiger partial charge in [-0.1, -0.05) is 140 Å². The fraction of sp³-hybridized carbons (Fsp3) is 0.0652. The van der Waals surface area contributed by atoms with E-state index in [1.165, 1.54) is 31.3 Å².